The van der Waals surface area contributed by atoms with Gasteiger partial charge in [0, 0.05) is 24.7 Å². The highest BCUT2D eigenvalue weighted by atomic mass is 19.3. The average Bonchev–Trinajstić information content (AvgIpc) is 3.36. The Morgan fingerprint density at radius 2 is 1.89 bits per heavy atom. The predicted octanol–water partition coefficient (Wildman–Crippen LogP) is 2.89. The number of nitrogens with one attached hydrogen (secondary N) is 2. The number of hydrogen-bond donors (Lipinski definition) is 6. The van der Waals surface area contributed by atoms with Gasteiger partial charge in [-0.05, 0) is 45.4 Å². The summed E-state index contributed by atoms with van der Waals surface area (Å²) in [6.07, 6.45) is -4.22. The zero-order valence-corrected chi connectivity index (χ0v) is 24.4. The van der Waals surface area contributed by atoms with E-state index in [1.165, 1.54) is 17.6 Å². The topological polar surface area (TPSA) is 193 Å². The lowest BCUT2D eigenvalue weighted by Gasteiger charge is -2.38. The molecule has 3 aromatic heterocycles. The van der Waals surface area contributed by atoms with Gasteiger partial charge >= 0.3 is 6.10 Å². The Balaban J connectivity index is 0.000000978. The van der Waals surface area contributed by atoms with E-state index in [1.54, 1.807) is 25.1 Å². The third kappa shape index (κ3) is 9.01. The van der Waals surface area contributed by atoms with Crippen LogP contribution in [-0.2, 0) is 4.79 Å². The molecule has 3 aromatic rings. The van der Waals surface area contributed by atoms with Crippen molar-refractivity contribution in [1.82, 2.24) is 24.5 Å². The quantitative estimate of drug-likeness (QED) is 0.116. The number of hydrogen-bond acceptors (Lipinski definition) is 12. The molecule has 0 bridgehead atoms. The summed E-state index contributed by atoms with van der Waals surface area (Å²) in [4.78, 5) is 21.2. The number of likely N-dealkylation sites (tertiary alicyclic amines) is 1. The normalized spacial score (nSPS) is 16.9. The first-order valence-electron chi connectivity index (χ1n) is 13.6. The first kappa shape index (κ1) is 34.5. The van der Waals surface area contributed by atoms with Crippen molar-refractivity contribution in [1.29, 1.82) is 0 Å². The second kappa shape index (κ2) is 14.2. The summed E-state index contributed by atoms with van der Waals surface area (Å²) in [5.41, 5.74) is 2.17. The zero-order chi connectivity index (χ0) is 32.8. The molecule has 0 aliphatic carbocycles. The molecule has 14 nitrogen and oxygen atoms in total. The molecule has 0 radical (unpaired) electrons. The van der Waals surface area contributed by atoms with Crippen LogP contribution in [0.3, 0.4) is 0 Å². The van der Waals surface area contributed by atoms with Crippen LogP contribution < -0.4 is 10.6 Å². The first-order valence-corrected chi connectivity index (χ1v) is 13.6. The molecule has 242 valence electrons. The van der Waals surface area contributed by atoms with Crippen LogP contribution >= 0.6 is 0 Å². The highest BCUT2D eigenvalue weighted by Gasteiger charge is 2.46. The molecule has 4 heterocycles. The molecule has 1 fully saturated rings. The lowest BCUT2D eigenvalue weighted by atomic mass is 10.0. The standard InChI is InChI=1S/C23H29F2N9O5.C3H6F2/c1-12(2)30-31-15-4-5-16(26-13(15)3)14-6-9-34-19(14)20(29-23(37,38)39)28-21(32-34)27-17-7-8-33(18(36)10-35)11-22(17,24)25;1-2-3(4)5/h4-6,9,12,17,35,37-39H,7-8,10-11H2,1-3H3,(H2,27,28,29,32);3H,2H2,1H3. The number of fused-ring (bicyclic) bond motifs is 1. The molecule has 1 aliphatic rings. The molecule has 6 N–H and O–H groups in total. The van der Waals surface area contributed by atoms with Gasteiger partial charge < -0.3 is 30.6 Å². The number of halogens is 4. The molecule has 4 rings (SSSR count). The predicted molar refractivity (Wildman–Crippen MR) is 151 cm³/mol. The van der Waals surface area contributed by atoms with Gasteiger partial charge in [-0.15, -0.1) is 5.10 Å². The summed E-state index contributed by atoms with van der Waals surface area (Å²) in [5, 5.41) is 54.9. The number of aromatic nitrogens is 4. The average molecular weight is 630 g/mol. The smallest absolute Gasteiger partial charge is 0.368 e. The number of pyridine rings is 1. The van der Waals surface area contributed by atoms with Crippen LogP contribution in [0, 0.1) is 6.92 Å². The van der Waals surface area contributed by atoms with Gasteiger partial charge in [0.25, 0.3) is 5.92 Å². The minimum atomic E-state index is -3.39. The molecule has 1 aliphatic heterocycles. The van der Waals surface area contributed by atoms with E-state index in [9.17, 15) is 37.7 Å². The van der Waals surface area contributed by atoms with E-state index >= 15 is 0 Å². The maximum absolute atomic E-state index is 14.8. The fourth-order valence-corrected chi connectivity index (χ4v) is 4.11. The van der Waals surface area contributed by atoms with E-state index < -0.39 is 43.5 Å². The van der Waals surface area contributed by atoms with Gasteiger partial charge in [-0.3, -0.25) is 15.1 Å². The number of anilines is 2. The van der Waals surface area contributed by atoms with Gasteiger partial charge in [-0.1, -0.05) is 6.92 Å². The lowest BCUT2D eigenvalue weighted by Crippen LogP contribution is -2.56. The fourth-order valence-electron chi connectivity index (χ4n) is 4.11. The Labute approximate surface area is 249 Å². The maximum Gasteiger partial charge on any atom is 0.368 e. The van der Waals surface area contributed by atoms with E-state index in [1.807, 2.05) is 19.2 Å². The van der Waals surface area contributed by atoms with E-state index in [0.717, 1.165) is 4.90 Å². The van der Waals surface area contributed by atoms with Crippen molar-refractivity contribution >= 4 is 28.9 Å². The van der Waals surface area contributed by atoms with Crippen molar-refractivity contribution < 1.29 is 42.8 Å². The summed E-state index contributed by atoms with van der Waals surface area (Å²) in [6.45, 7) is 5.16. The van der Waals surface area contributed by atoms with Gasteiger partial charge in [0.15, 0.2) is 5.82 Å². The highest BCUT2D eigenvalue weighted by molar-refractivity contribution is 5.88. The van der Waals surface area contributed by atoms with Crippen molar-refractivity contribution in [2.45, 2.75) is 71.1 Å². The Hall–Kier alpha value is -4.00. The van der Waals surface area contributed by atoms with E-state index in [2.05, 4.69) is 30.6 Å². The van der Waals surface area contributed by atoms with Crippen LogP contribution in [0.1, 0.15) is 39.3 Å². The molecule has 0 spiro atoms. The van der Waals surface area contributed by atoms with E-state index in [4.69, 9.17) is 5.11 Å². The number of azo groups is 1. The fraction of sp³-hybridized carbons (Fsp3) is 0.538. The number of aliphatic hydroxyl groups excluding tert-OH is 1. The minimum absolute atomic E-state index is 0.000629. The zero-order valence-electron chi connectivity index (χ0n) is 24.4. The molecule has 1 amide bonds. The molecule has 0 saturated carbocycles. The summed E-state index contributed by atoms with van der Waals surface area (Å²) in [6, 6.07) is 3.51. The number of carbonyl (C=O) groups excluding carboxylic acids is 1. The monoisotopic (exact) mass is 629 g/mol. The molecule has 1 unspecified atom stereocenters. The number of aryl methyl sites for hydroxylation is 1. The van der Waals surface area contributed by atoms with E-state index in [-0.39, 0.29) is 42.7 Å². The number of alkyl halides is 4. The minimum Gasteiger partial charge on any atom is -0.387 e. The SMILES string of the molecule is CCC(F)F.Cc1nc(-c2ccn3nc(NC4CCN(C(=O)CO)CC4(F)F)nc(NC(O)(O)O)c23)ccc1N=NC(C)C. The molecular weight excluding hydrogens is 594 g/mol. The van der Waals surface area contributed by atoms with Crippen molar-refractivity contribution in [3.8, 4) is 11.3 Å². The number of amides is 1. The van der Waals surface area contributed by atoms with Crippen LogP contribution in [0.2, 0.25) is 0 Å². The second-order valence-electron chi connectivity index (χ2n) is 10.2. The molecule has 1 saturated heterocycles. The Morgan fingerprint density at radius 1 is 1.20 bits per heavy atom. The van der Waals surface area contributed by atoms with Gasteiger partial charge in [-0.2, -0.15) is 15.2 Å². The van der Waals surface area contributed by atoms with Crippen LogP contribution in [-0.4, -0.2) is 101 Å². The van der Waals surface area contributed by atoms with E-state index in [0.29, 0.717) is 22.6 Å². The van der Waals surface area contributed by atoms with Gasteiger partial charge in [0.1, 0.15) is 17.8 Å². The molecule has 0 aromatic carbocycles. The van der Waals surface area contributed by atoms with Crippen LogP contribution in [0.25, 0.3) is 16.8 Å². The molecule has 1 atom stereocenters. The van der Waals surface area contributed by atoms with Crippen LogP contribution in [0.15, 0.2) is 34.6 Å². The number of rotatable bonds is 9. The van der Waals surface area contributed by atoms with Crippen molar-refractivity contribution in [2.24, 2.45) is 10.2 Å². The number of aliphatic hydroxyl groups is 4. The van der Waals surface area contributed by atoms with Crippen LogP contribution in [0.4, 0.5) is 35.0 Å². The van der Waals surface area contributed by atoms with Crippen molar-refractivity contribution in [3.05, 3.63) is 30.1 Å². The summed E-state index contributed by atoms with van der Waals surface area (Å²) in [7, 11) is 0. The summed E-state index contributed by atoms with van der Waals surface area (Å²) in [5.74, 6) is -4.79. The Kier molecular flexibility index (Phi) is 11.1. The first-order chi connectivity index (χ1) is 20.5. The van der Waals surface area contributed by atoms with Gasteiger partial charge in [-0.25, -0.2) is 22.1 Å². The van der Waals surface area contributed by atoms with Gasteiger partial charge in [0.2, 0.25) is 18.3 Å². The molecular formula is C26H35F4N9O5. The van der Waals surface area contributed by atoms with Gasteiger partial charge in [0.05, 0.1) is 30.0 Å². The molecule has 18 heteroatoms. The lowest BCUT2D eigenvalue weighted by molar-refractivity contribution is -0.289. The maximum atomic E-state index is 14.8. The second-order valence-corrected chi connectivity index (χ2v) is 10.2. The summed E-state index contributed by atoms with van der Waals surface area (Å²) >= 11 is 0. The third-order valence-corrected chi connectivity index (χ3v) is 6.23. The van der Waals surface area contributed by atoms with Crippen molar-refractivity contribution in [2.75, 3.05) is 30.3 Å². The Morgan fingerprint density at radius 3 is 2.43 bits per heavy atom. The Bertz CT molecular complexity index is 1460. The van der Waals surface area contributed by atoms with Crippen LogP contribution in [0.5, 0.6) is 0 Å². The third-order valence-electron chi connectivity index (χ3n) is 6.23. The number of piperidine rings is 1. The molecule has 44 heavy (non-hydrogen) atoms. The number of nitrogens with zero attached hydrogens (tertiary/aromatic N) is 7. The number of carbonyl (C=O) groups is 1. The summed E-state index contributed by atoms with van der Waals surface area (Å²) < 4.78 is 52.4. The highest BCUT2D eigenvalue weighted by Crippen LogP contribution is 2.33. The van der Waals surface area contributed by atoms with Crippen molar-refractivity contribution in [3.63, 3.8) is 0 Å². The largest absolute Gasteiger partial charge is 0.387 e.